The molecule has 0 bridgehead atoms. The molecule has 1 rings (SSSR count). The van der Waals surface area contributed by atoms with Gasteiger partial charge in [-0.1, -0.05) is 37.3 Å². The molecule has 0 amide bonds. The van der Waals surface area contributed by atoms with Gasteiger partial charge >= 0.3 is 0 Å². The van der Waals surface area contributed by atoms with Crippen molar-refractivity contribution in [3.8, 4) is 0 Å². The van der Waals surface area contributed by atoms with Gasteiger partial charge in [-0.25, -0.2) is 0 Å². The molecule has 1 N–H and O–H groups in total. The van der Waals surface area contributed by atoms with E-state index in [0.717, 1.165) is 11.5 Å². The summed E-state index contributed by atoms with van der Waals surface area (Å²) in [5.41, 5.74) is 1.12. The molecule has 0 spiro atoms. The smallest absolute Gasteiger partial charge is 0.0639 e. The molecular weight excluding hydrogens is 136 g/mol. The van der Waals surface area contributed by atoms with Crippen LogP contribution in [0.15, 0.2) is 11.6 Å². The second kappa shape index (κ2) is 4.55. The molecule has 0 radical (unpaired) electrons. The Balaban J connectivity index is 2.19. The highest BCUT2D eigenvalue weighted by molar-refractivity contribution is 4.98. The third kappa shape index (κ3) is 3.06. The van der Waals surface area contributed by atoms with Crippen molar-refractivity contribution < 1.29 is 5.11 Å². The van der Waals surface area contributed by atoms with Crippen LogP contribution >= 0.6 is 0 Å². The van der Waals surface area contributed by atoms with Crippen LogP contribution in [0.4, 0.5) is 0 Å². The molecule has 0 aliphatic heterocycles. The van der Waals surface area contributed by atoms with Gasteiger partial charge in [-0.05, 0) is 19.3 Å². The summed E-state index contributed by atoms with van der Waals surface area (Å²) in [6.07, 6.45) is 9.00. The quantitative estimate of drug-likeness (QED) is 0.619. The van der Waals surface area contributed by atoms with Crippen molar-refractivity contribution >= 4 is 0 Å². The van der Waals surface area contributed by atoms with Crippen molar-refractivity contribution in [3.63, 3.8) is 0 Å². The normalized spacial score (nSPS) is 21.1. The fourth-order valence-corrected chi connectivity index (χ4v) is 1.68. The molecule has 1 nitrogen and oxygen atoms in total. The van der Waals surface area contributed by atoms with Gasteiger partial charge in [-0.2, -0.15) is 0 Å². The molecule has 0 aromatic carbocycles. The Bertz CT molecular complexity index is 132. The first kappa shape index (κ1) is 8.79. The van der Waals surface area contributed by atoms with Crippen LogP contribution in [0.5, 0.6) is 0 Å². The summed E-state index contributed by atoms with van der Waals surface area (Å²) in [6, 6.07) is 0. The molecule has 0 aromatic heterocycles. The summed E-state index contributed by atoms with van der Waals surface area (Å²) in [5.74, 6) is 0.913. The van der Waals surface area contributed by atoms with E-state index in [9.17, 15) is 0 Å². The lowest BCUT2D eigenvalue weighted by molar-refractivity contribution is 0.330. The van der Waals surface area contributed by atoms with Crippen molar-refractivity contribution in [3.05, 3.63) is 11.6 Å². The molecular formula is C10H18O. The molecule has 64 valence electrons. The van der Waals surface area contributed by atoms with Gasteiger partial charge in [0.25, 0.3) is 0 Å². The molecule has 0 saturated heterocycles. The summed E-state index contributed by atoms with van der Waals surface area (Å²) < 4.78 is 0. The van der Waals surface area contributed by atoms with Crippen LogP contribution in [0.1, 0.15) is 39.0 Å². The molecule has 1 fully saturated rings. The molecule has 0 heterocycles. The lowest BCUT2D eigenvalue weighted by atomic mass is 10.0. The van der Waals surface area contributed by atoms with Gasteiger partial charge in [0.1, 0.15) is 0 Å². The second-order valence-electron chi connectivity index (χ2n) is 3.59. The summed E-state index contributed by atoms with van der Waals surface area (Å²) >= 11 is 0. The maximum Gasteiger partial charge on any atom is 0.0639 e. The fourth-order valence-electron chi connectivity index (χ4n) is 1.68. The molecule has 1 heteroatoms. The lowest BCUT2D eigenvalue weighted by Gasteiger charge is -2.04. The minimum atomic E-state index is 0.229. The number of rotatable bonds is 3. The Morgan fingerprint density at radius 3 is 2.64 bits per heavy atom. The molecule has 0 aromatic rings. The van der Waals surface area contributed by atoms with E-state index in [4.69, 9.17) is 5.11 Å². The SMILES string of the molecule is C/C(=C\CC1CCCC1)CO. The van der Waals surface area contributed by atoms with Crippen LogP contribution < -0.4 is 0 Å². The predicted octanol–water partition coefficient (Wildman–Crippen LogP) is 2.51. The first-order chi connectivity index (χ1) is 5.33. The van der Waals surface area contributed by atoms with E-state index in [-0.39, 0.29) is 6.61 Å². The van der Waals surface area contributed by atoms with Crippen molar-refractivity contribution in [2.75, 3.05) is 6.61 Å². The Labute approximate surface area is 69.1 Å². The summed E-state index contributed by atoms with van der Waals surface area (Å²) in [5, 5.41) is 8.74. The Kier molecular flexibility index (Phi) is 3.64. The minimum absolute atomic E-state index is 0.229. The molecule has 1 aliphatic rings. The number of aliphatic hydroxyl groups excluding tert-OH is 1. The molecule has 1 aliphatic carbocycles. The van der Waals surface area contributed by atoms with E-state index in [1.165, 1.54) is 32.1 Å². The molecule has 0 unspecified atom stereocenters. The second-order valence-corrected chi connectivity index (χ2v) is 3.59. The van der Waals surface area contributed by atoms with Gasteiger partial charge in [0.05, 0.1) is 6.61 Å². The van der Waals surface area contributed by atoms with E-state index in [0.29, 0.717) is 0 Å². The average Bonchev–Trinajstić information content (AvgIpc) is 2.52. The van der Waals surface area contributed by atoms with Crippen molar-refractivity contribution in [2.45, 2.75) is 39.0 Å². The van der Waals surface area contributed by atoms with E-state index in [1.54, 1.807) is 0 Å². The zero-order valence-electron chi connectivity index (χ0n) is 7.34. The van der Waals surface area contributed by atoms with Gasteiger partial charge in [0, 0.05) is 0 Å². The van der Waals surface area contributed by atoms with Crippen LogP contribution in [0.3, 0.4) is 0 Å². The summed E-state index contributed by atoms with van der Waals surface area (Å²) in [6.45, 7) is 2.22. The standard InChI is InChI=1S/C10H18O/c1-9(8-11)6-7-10-4-2-3-5-10/h6,10-11H,2-5,7-8H2,1H3/b9-6+. The molecule has 1 saturated carbocycles. The number of hydrogen-bond acceptors (Lipinski definition) is 1. The molecule has 0 atom stereocenters. The van der Waals surface area contributed by atoms with Gasteiger partial charge in [-0.15, -0.1) is 0 Å². The minimum Gasteiger partial charge on any atom is -0.392 e. The van der Waals surface area contributed by atoms with Gasteiger partial charge in [0.15, 0.2) is 0 Å². The monoisotopic (exact) mass is 154 g/mol. The largest absolute Gasteiger partial charge is 0.392 e. The van der Waals surface area contributed by atoms with Crippen LogP contribution in [0.25, 0.3) is 0 Å². The van der Waals surface area contributed by atoms with Crippen LogP contribution in [0, 0.1) is 5.92 Å². The highest BCUT2D eigenvalue weighted by Gasteiger charge is 2.12. The van der Waals surface area contributed by atoms with E-state index in [1.807, 2.05) is 6.92 Å². The van der Waals surface area contributed by atoms with E-state index >= 15 is 0 Å². The maximum absolute atomic E-state index is 8.74. The predicted molar refractivity (Wildman–Crippen MR) is 47.4 cm³/mol. The maximum atomic E-state index is 8.74. The number of allylic oxidation sites excluding steroid dienone is 1. The summed E-state index contributed by atoms with van der Waals surface area (Å²) in [4.78, 5) is 0. The number of hydrogen-bond donors (Lipinski definition) is 1. The van der Waals surface area contributed by atoms with Crippen molar-refractivity contribution in [1.82, 2.24) is 0 Å². The first-order valence-corrected chi connectivity index (χ1v) is 4.59. The van der Waals surface area contributed by atoms with Crippen LogP contribution in [0.2, 0.25) is 0 Å². The number of aliphatic hydroxyl groups is 1. The van der Waals surface area contributed by atoms with E-state index < -0.39 is 0 Å². The van der Waals surface area contributed by atoms with Crippen molar-refractivity contribution in [1.29, 1.82) is 0 Å². The van der Waals surface area contributed by atoms with Gasteiger partial charge in [-0.3, -0.25) is 0 Å². The van der Waals surface area contributed by atoms with E-state index in [2.05, 4.69) is 6.08 Å². The van der Waals surface area contributed by atoms with Gasteiger partial charge in [0.2, 0.25) is 0 Å². The van der Waals surface area contributed by atoms with Crippen LogP contribution in [-0.4, -0.2) is 11.7 Å². The third-order valence-corrected chi connectivity index (χ3v) is 2.52. The topological polar surface area (TPSA) is 20.2 Å². The Morgan fingerprint density at radius 1 is 1.45 bits per heavy atom. The first-order valence-electron chi connectivity index (χ1n) is 4.59. The fraction of sp³-hybridized carbons (Fsp3) is 0.800. The Morgan fingerprint density at radius 2 is 2.09 bits per heavy atom. The Hall–Kier alpha value is -0.300. The summed E-state index contributed by atoms with van der Waals surface area (Å²) in [7, 11) is 0. The van der Waals surface area contributed by atoms with Gasteiger partial charge < -0.3 is 5.11 Å². The highest BCUT2D eigenvalue weighted by Crippen LogP contribution is 2.27. The average molecular weight is 154 g/mol. The van der Waals surface area contributed by atoms with Crippen molar-refractivity contribution in [2.24, 2.45) is 5.92 Å². The zero-order valence-corrected chi connectivity index (χ0v) is 7.34. The highest BCUT2D eigenvalue weighted by atomic mass is 16.3. The van der Waals surface area contributed by atoms with Crippen LogP contribution in [-0.2, 0) is 0 Å². The third-order valence-electron chi connectivity index (χ3n) is 2.52. The molecule has 11 heavy (non-hydrogen) atoms. The zero-order chi connectivity index (χ0) is 8.10. The lowest BCUT2D eigenvalue weighted by Crippen LogP contribution is -1.92.